The van der Waals surface area contributed by atoms with Crippen LogP contribution in [-0.4, -0.2) is 45.5 Å². The molecule has 2 aromatic carbocycles. The fourth-order valence-electron chi connectivity index (χ4n) is 3.98. The van der Waals surface area contributed by atoms with Crippen LogP contribution in [-0.2, 0) is 16.1 Å². The molecule has 1 amide bonds. The number of carbonyl (C=O) groups excluding carboxylic acids is 1. The van der Waals surface area contributed by atoms with E-state index >= 15 is 0 Å². The Bertz CT molecular complexity index is 1320. The lowest BCUT2D eigenvalue weighted by Crippen LogP contribution is -2.21. The van der Waals surface area contributed by atoms with E-state index in [1.54, 1.807) is 13.2 Å². The maximum Gasteiger partial charge on any atom is 0.490 e. The molecule has 0 atom stereocenters. The number of anilines is 2. The minimum atomic E-state index is -5.08. The summed E-state index contributed by atoms with van der Waals surface area (Å²) in [5.74, 6) is -2.21. The van der Waals surface area contributed by atoms with E-state index in [4.69, 9.17) is 14.6 Å². The van der Waals surface area contributed by atoms with E-state index in [2.05, 4.69) is 15.6 Å². The number of thiazole rings is 1. The molecular weight excluding hydrogens is 539 g/mol. The van der Waals surface area contributed by atoms with E-state index in [0.717, 1.165) is 53.1 Å². The average molecular weight is 568 g/mol. The quantitative estimate of drug-likeness (QED) is 0.222. The Kier molecular flexibility index (Phi) is 9.62. The van der Waals surface area contributed by atoms with Crippen LogP contribution in [0.15, 0.2) is 36.4 Å². The first-order valence-electron chi connectivity index (χ1n) is 11.9. The highest BCUT2D eigenvalue weighted by Crippen LogP contribution is 2.38. The molecule has 1 aliphatic carbocycles. The predicted molar refractivity (Wildman–Crippen MR) is 140 cm³/mol. The zero-order valence-corrected chi connectivity index (χ0v) is 21.9. The molecule has 1 saturated carbocycles. The number of methoxy groups -OCH3 is 1. The van der Waals surface area contributed by atoms with Gasteiger partial charge in [0, 0.05) is 12.5 Å². The molecule has 4 rings (SSSR count). The first kappa shape index (κ1) is 29.6. The number of nitrogens with one attached hydrogen (secondary N) is 2. The molecule has 210 valence electrons. The Labute approximate surface area is 226 Å². The lowest BCUT2D eigenvalue weighted by molar-refractivity contribution is -0.192. The van der Waals surface area contributed by atoms with Gasteiger partial charge in [0.05, 0.1) is 23.4 Å². The van der Waals surface area contributed by atoms with Crippen molar-refractivity contribution in [2.75, 3.05) is 17.7 Å². The van der Waals surface area contributed by atoms with E-state index in [9.17, 15) is 28.2 Å². The third-order valence-corrected chi connectivity index (χ3v) is 7.10. The Morgan fingerprint density at radius 2 is 1.77 bits per heavy atom. The number of hydrogen-bond acceptors (Lipinski definition) is 8. The van der Waals surface area contributed by atoms with Gasteiger partial charge < -0.3 is 30.7 Å². The van der Waals surface area contributed by atoms with Crippen LogP contribution < -0.4 is 15.4 Å². The number of carboxylic acid groups (broad SMARTS) is 1. The van der Waals surface area contributed by atoms with Crippen molar-refractivity contribution in [3.8, 4) is 27.7 Å². The van der Waals surface area contributed by atoms with Gasteiger partial charge in [0.2, 0.25) is 5.91 Å². The van der Waals surface area contributed by atoms with Crippen molar-refractivity contribution in [1.29, 1.82) is 0 Å². The van der Waals surface area contributed by atoms with E-state index in [1.165, 1.54) is 23.5 Å². The second-order valence-electron chi connectivity index (χ2n) is 8.80. The second kappa shape index (κ2) is 12.7. The first-order chi connectivity index (χ1) is 18.4. The standard InChI is InChI=1S/C24H27N3O4S.C2HF3O2/c1-14-22(32-24(26-14)27-23(30)16-5-3-4-6-16)17-8-10-21(31-2)18(12-17)25-13-15-7-9-19(28)20(29)11-15;3-2(4,5)1(6)7/h7-12,16,25,28-29H,3-6,13H2,1-2H3,(H,26,27,30);(H,6,7). The van der Waals surface area contributed by atoms with Crippen molar-refractivity contribution in [3.63, 3.8) is 0 Å². The SMILES string of the molecule is COc1ccc(-c2sc(NC(=O)C3CCCC3)nc2C)cc1NCc1ccc(O)c(O)c1.O=C(O)C(F)(F)F. The molecule has 39 heavy (non-hydrogen) atoms. The molecule has 0 bridgehead atoms. The van der Waals surface area contributed by atoms with E-state index in [1.807, 2.05) is 25.1 Å². The molecule has 0 unspecified atom stereocenters. The van der Waals surface area contributed by atoms with Gasteiger partial charge >= 0.3 is 12.1 Å². The van der Waals surface area contributed by atoms with Crippen molar-refractivity contribution in [2.45, 2.75) is 45.3 Å². The summed E-state index contributed by atoms with van der Waals surface area (Å²) < 4.78 is 37.2. The highest BCUT2D eigenvalue weighted by molar-refractivity contribution is 7.19. The number of phenols is 2. The number of halogens is 3. The number of aryl methyl sites for hydroxylation is 1. The summed E-state index contributed by atoms with van der Waals surface area (Å²) in [5.41, 5.74) is 3.44. The number of aromatic hydroxyl groups is 2. The Hall–Kier alpha value is -4.00. The molecule has 1 fully saturated rings. The molecule has 5 N–H and O–H groups in total. The predicted octanol–water partition coefficient (Wildman–Crippen LogP) is 5.91. The topological polar surface area (TPSA) is 141 Å². The molecule has 0 spiro atoms. The van der Waals surface area contributed by atoms with Crippen LogP contribution in [0.3, 0.4) is 0 Å². The number of rotatable bonds is 7. The van der Waals surface area contributed by atoms with Gasteiger partial charge in [-0.2, -0.15) is 13.2 Å². The maximum absolute atomic E-state index is 12.5. The summed E-state index contributed by atoms with van der Waals surface area (Å²) in [6.45, 7) is 2.38. The lowest BCUT2D eigenvalue weighted by atomic mass is 10.1. The Morgan fingerprint density at radius 1 is 1.10 bits per heavy atom. The van der Waals surface area contributed by atoms with Crippen molar-refractivity contribution in [2.24, 2.45) is 5.92 Å². The van der Waals surface area contributed by atoms with Gasteiger partial charge in [0.15, 0.2) is 16.6 Å². The summed E-state index contributed by atoms with van der Waals surface area (Å²) in [7, 11) is 1.61. The molecule has 0 radical (unpaired) electrons. The minimum absolute atomic E-state index is 0.0667. The summed E-state index contributed by atoms with van der Waals surface area (Å²) in [4.78, 5) is 26.9. The third-order valence-electron chi connectivity index (χ3n) is 5.98. The molecule has 0 aliphatic heterocycles. The van der Waals surface area contributed by atoms with E-state index < -0.39 is 12.1 Å². The van der Waals surface area contributed by atoms with Crippen molar-refractivity contribution in [3.05, 3.63) is 47.7 Å². The maximum atomic E-state index is 12.5. The van der Waals surface area contributed by atoms with Crippen molar-refractivity contribution >= 4 is 34.0 Å². The summed E-state index contributed by atoms with van der Waals surface area (Å²) in [6, 6.07) is 10.6. The minimum Gasteiger partial charge on any atom is -0.504 e. The average Bonchev–Trinajstić information content (AvgIpc) is 3.54. The zero-order valence-electron chi connectivity index (χ0n) is 21.1. The number of alkyl halides is 3. The number of carbonyl (C=O) groups is 2. The fraction of sp³-hybridized carbons (Fsp3) is 0.346. The number of nitrogens with zero attached hydrogens (tertiary/aromatic N) is 1. The fourth-order valence-corrected chi connectivity index (χ4v) is 4.94. The normalized spacial score (nSPS) is 13.4. The molecule has 9 nitrogen and oxygen atoms in total. The second-order valence-corrected chi connectivity index (χ2v) is 9.80. The zero-order chi connectivity index (χ0) is 28.7. The van der Waals surface area contributed by atoms with Gasteiger partial charge in [0.25, 0.3) is 0 Å². The molecule has 1 heterocycles. The van der Waals surface area contributed by atoms with Gasteiger partial charge in [-0.25, -0.2) is 9.78 Å². The van der Waals surface area contributed by atoms with Crippen LogP contribution in [0.25, 0.3) is 10.4 Å². The lowest BCUT2D eigenvalue weighted by Gasteiger charge is -2.13. The number of benzene rings is 2. The number of aromatic nitrogens is 1. The smallest absolute Gasteiger partial charge is 0.490 e. The highest BCUT2D eigenvalue weighted by Gasteiger charge is 2.38. The number of aliphatic carboxylic acids is 1. The van der Waals surface area contributed by atoms with Gasteiger partial charge in [-0.1, -0.05) is 30.2 Å². The Morgan fingerprint density at radius 3 is 2.36 bits per heavy atom. The molecule has 1 aliphatic rings. The molecule has 3 aromatic rings. The van der Waals surface area contributed by atoms with Crippen LogP contribution >= 0.6 is 11.3 Å². The van der Waals surface area contributed by atoms with Crippen molar-refractivity contribution < 1.29 is 42.8 Å². The van der Waals surface area contributed by atoms with Crippen LogP contribution in [0, 0.1) is 12.8 Å². The third kappa shape index (κ3) is 7.99. The number of amides is 1. The van der Waals surface area contributed by atoms with Gasteiger partial charge in [-0.15, -0.1) is 0 Å². The number of ether oxygens (including phenoxy) is 1. The first-order valence-corrected chi connectivity index (χ1v) is 12.7. The monoisotopic (exact) mass is 567 g/mol. The van der Waals surface area contributed by atoms with E-state index in [0.29, 0.717) is 17.4 Å². The summed E-state index contributed by atoms with van der Waals surface area (Å²) in [5, 5.41) is 33.3. The number of carboxylic acids is 1. The molecule has 0 saturated heterocycles. The van der Waals surface area contributed by atoms with Gasteiger partial charge in [-0.05, 0) is 61.2 Å². The molecule has 13 heteroatoms. The van der Waals surface area contributed by atoms with Gasteiger partial charge in [0.1, 0.15) is 5.75 Å². The Balaban J connectivity index is 0.000000532. The number of hydrogen-bond donors (Lipinski definition) is 5. The summed E-state index contributed by atoms with van der Waals surface area (Å²) in [6.07, 6.45) is -0.942. The van der Waals surface area contributed by atoms with Gasteiger partial charge in [-0.3, -0.25) is 4.79 Å². The molecular formula is C26H28F3N3O6S. The highest BCUT2D eigenvalue weighted by atomic mass is 32.1. The van der Waals surface area contributed by atoms with Crippen LogP contribution in [0.1, 0.15) is 36.9 Å². The van der Waals surface area contributed by atoms with E-state index in [-0.39, 0.29) is 23.3 Å². The van der Waals surface area contributed by atoms with Crippen molar-refractivity contribution in [1.82, 2.24) is 4.98 Å². The van der Waals surface area contributed by atoms with Crippen LogP contribution in [0.4, 0.5) is 24.0 Å². The number of phenolic OH excluding ortho intramolecular Hbond substituents is 2. The summed E-state index contributed by atoms with van der Waals surface area (Å²) >= 11 is 1.47. The van der Waals surface area contributed by atoms with Crippen LogP contribution in [0.2, 0.25) is 0 Å². The van der Waals surface area contributed by atoms with Crippen LogP contribution in [0.5, 0.6) is 17.2 Å². The largest absolute Gasteiger partial charge is 0.504 e. The molecule has 1 aromatic heterocycles.